The fourth-order valence-corrected chi connectivity index (χ4v) is 0.719. The molecule has 0 aromatic carbocycles. The van der Waals surface area contributed by atoms with Crippen LogP contribution in [0.25, 0.3) is 0 Å². The number of rotatable bonds is 2. The molecule has 0 saturated carbocycles. The van der Waals surface area contributed by atoms with Crippen LogP contribution in [0.3, 0.4) is 0 Å². The molecule has 1 rings (SSSR count). The Morgan fingerprint density at radius 1 is 1.60 bits per heavy atom. The van der Waals surface area contributed by atoms with E-state index in [9.17, 15) is 0 Å². The molecule has 0 aromatic rings. The Hall–Kier alpha value is -0.830. The van der Waals surface area contributed by atoms with Gasteiger partial charge in [0.2, 0.25) is 0 Å². The standard InChI is InChI=1S/C7H12N2O/c1-6(2)10-7-5-8-3-4-9-7/h3-7,9H,1-2H3. The zero-order chi connectivity index (χ0) is 7.40. The van der Waals surface area contributed by atoms with Crippen LogP contribution in [-0.2, 0) is 4.74 Å². The molecule has 0 bridgehead atoms. The van der Waals surface area contributed by atoms with Gasteiger partial charge >= 0.3 is 0 Å². The maximum absolute atomic E-state index is 5.38. The van der Waals surface area contributed by atoms with Gasteiger partial charge in [0.1, 0.15) is 0 Å². The average molecular weight is 140 g/mol. The molecule has 0 spiro atoms. The fourth-order valence-electron chi connectivity index (χ4n) is 0.719. The first-order valence-electron chi connectivity index (χ1n) is 3.39. The predicted octanol–water partition coefficient (Wildman–Crippen LogP) is 0.883. The Balaban J connectivity index is 2.30. The van der Waals surface area contributed by atoms with E-state index in [-0.39, 0.29) is 12.3 Å². The van der Waals surface area contributed by atoms with Crippen LogP contribution in [-0.4, -0.2) is 18.5 Å². The molecule has 0 aromatic heterocycles. The number of nitrogens with one attached hydrogen (secondary N) is 1. The molecule has 0 fully saturated rings. The Labute approximate surface area is 60.8 Å². The summed E-state index contributed by atoms with van der Waals surface area (Å²) in [5, 5.41) is 3.00. The van der Waals surface area contributed by atoms with Crippen molar-refractivity contribution in [2.45, 2.75) is 26.2 Å². The van der Waals surface area contributed by atoms with Gasteiger partial charge in [-0.3, -0.25) is 4.99 Å². The van der Waals surface area contributed by atoms with Crippen molar-refractivity contribution >= 4 is 6.21 Å². The minimum absolute atomic E-state index is 0.0509. The van der Waals surface area contributed by atoms with Crippen LogP contribution in [0.5, 0.6) is 0 Å². The smallest absolute Gasteiger partial charge is 0.164 e. The van der Waals surface area contributed by atoms with Crippen molar-refractivity contribution in [2.75, 3.05) is 0 Å². The molecule has 1 aliphatic rings. The van der Waals surface area contributed by atoms with E-state index in [0.29, 0.717) is 0 Å². The molecule has 1 N–H and O–H groups in total. The summed E-state index contributed by atoms with van der Waals surface area (Å²) >= 11 is 0. The van der Waals surface area contributed by atoms with Crippen molar-refractivity contribution < 1.29 is 4.74 Å². The van der Waals surface area contributed by atoms with E-state index in [0.717, 1.165) is 0 Å². The van der Waals surface area contributed by atoms with E-state index in [1.807, 2.05) is 13.8 Å². The predicted molar refractivity (Wildman–Crippen MR) is 40.8 cm³/mol. The van der Waals surface area contributed by atoms with Crippen LogP contribution in [0.4, 0.5) is 0 Å². The van der Waals surface area contributed by atoms with E-state index in [2.05, 4.69) is 10.3 Å². The zero-order valence-corrected chi connectivity index (χ0v) is 6.24. The number of aliphatic imine (C=N–C) groups is 1. The van der Waals surface area contributed by atoms with Crippen LogP contribution in [0, 0.1) is 0 Å². The van der Waals surface area contributed by atoms with Gasteiger partial charge in [-0.05, 0) is 13.8 Å². The molecule has 0 amide bonds. The van der Waals surface area contributed by atoms with E-state index in [4.69, 9.17) is 4.74 Å². The second-order valence-corrected chi connectivity index (χ2v) is 2.39. The summed E-state index contributed by atoms with van der Waals surface area (Å²) in [6.07, 6.45) is 5.38. The lowest BCUT2D eigenvalue weighted by Crippen LogP contribution is -2.32. The zero-order valence-electron chi connectivity index (χ0n) is 6.24. The Bertz CT molecular complexity index is 152. The summed E-state index contributed by atoms with van der Waals surface area (Å²) in [7, 11) is 0. The third-order valence-corrected chi connectivity index (χ3v) is 1.06. The highest BCUT2D eigenvalue weighted by Crippen LogP contribution is 1.95. The van der Waals surface area contributed by atoms with Gasteiger partial charge in [-0.2, -0.15) is 0 Å². The normalized spacial score (nSPS) is 23.3. The van der Waals surface area contributed by atoms with Crippen LogP contribution in [0.1, 0.15) is 13.8 Å². The van der Waals surface area contributed by atoms with Crippen LogP contribution in [0.15, 0.2) is 17.4 Å². The molecule has 1 aliphatic heterocycles. The molecule has 0 radical (unpaired) electrons. The van der Waals surface area contributed by atoms with Gasteiger partial charge in [-0.1, -0.05) is 0 Å². The highest BCUT2D eigenvalue weighted by atomic mass is 16.5. The first-order chi connectivity index (χ1) is 4.79. The molecule has 1 atom stereocenters. The van der Waals surface area contributed by atoms with E-state index >= 15 is 0 Å². The van der Waals surface area contributed by atoms with Gasteiger partial charge in [-0.25, -0.2) is 0 Å². The Kier molecular flexibility index (Phi) is 2.45. The third-order valence-electron chi connectivity index (χ3n) is 1.06. The van der Waals surface area contributed by atoms with Gasteiger partial charge in [0.05, 0.1) is 12.3 Å². The topological polar surface area (TPSA) is 33.6 Å². The minimum atomic E-state index is -0.0509. The summed E-state index contributed by atoms with van der Waals surface area (Å²) in [5.74, 6) is 0. The molecule has 3 heteroatoms. The van der Waals surface area contributed by atoms with E-state index < -0.39 is 0 Å². The highest BCUT2D eigenvalue weighted by molar-refractivity contribution is 5.64. The average Bonchev–Trinajstić information content (AvgIpc) is 1.88. The molecular weight excluding hydrogens is 128 g/mol. The lowest BCUT2D eigenvalue weighted by molar-refractivity contribution is 0.0377. The second kappa shape index (κ2) is 3.37. The van der Waals surface area contributed by atoms with E-state index in [1.54, 1.807) is 18.6 Å². The van der Waals surface area contributed by atoms with Gasteiger partial charge < -0.3 is 10.1 Å². The van der Waals surface area contributed by atoms with Crippen molar-refractivity contribution in [1.82, 2.24) is 5.32 Å². The lowest BCUT2D eigenvalue weighted by Gasteiger charge is -2.17. The van der Waals surface area contributed by atoms with Crippen molar-refractivity contribution in [3.8, 4) is 0 Å². The molecule has 0 saturated heterocycles. The maximum Gasteiger partial charge on any atom is 0.164 e. The van der Waals surface area contributed by atoms with Crippen molar-refractivity contribution in [1.29, 1.82) is 0 Å². The number of hydrogen-bond donors (Lipinski definition) is 1. The maximum atomic E-state index is 5.38. The molecule has 10 heavy (non-hydrogen) atoms. The Morgan fingerprint density at radius 3 is 2.90 bits per heavy atom. The monoisotopic (exact) mass is 140 g/mol. The van der Waals surface area contributed by atoms with Crippen molar-refractivity contribution in [3.63, 3.8) is 0 Å². The molecule has 56 valence electrons. The van der Waals surface area contributed by atoms with Crippen LogP contribution in [0.2, 0.25) is 0 Å². The number of nitrogens with zero attached hydrogens (tertiary/aromatic N) is 1. The molecule has 1 heterocycles. The SMILES string of the molecule is CC(C)OC1C=NC=CN1. The number of hydrogen-bond acceptors (Lipinski definition) is 3. The van der Waals surface area contributed by atoms with Crippen LogP contribution >= 0.6 is 0 Å². The Morgan fingerprint density at radius 2 is 2.40 bits per heavy atom. The largest absolute Gasteiger partial charge is 0.360 e. The minimum Gasteiger partial charge on any atom is -0.360 e. The van der Waals surface area contributed by atoms with Gasteiger partial charge in [0.25, 0.3) is 0 Å². The molecular formula is C7H12N2O. The first kappa shape index (κ1) is 7.28. The molecule has 1 unspecified atom stereocenters. The van der Waals surface area contributed by atoms with Gasteiger partial charge in [0.15, 0.2) is 6.23 Å². The number of ether oxygens (including phenoxy) is 1. The summed E-state index contributed by atoms with van der Waals surface area (Å²) < 4.78 is 5.38. The third kappa shape index (κ3) is 2.19. The van der Waals surface area contributed by atoms with Crippen LogP contribution < -0.4 is 5.32 Å². The summed E-state index contributed by atoms with van der Waals surface area (Å²) in [4.78, 5) is 3.92. The van der Waals surface area contributed by atoms with Crippen molar-refractivity contribution in [2.24, 2.45) is 4.99 Å². The van der Waals surface area contributed by atoms with Crippen molar-refractivity contribution in [3.05, 3.63) is 12.4 Å². The molecule has 0 aliphatic carbocycles. The highest BCUT2D eigenvalue weighted by Gasteiger charge is 2.05. The first-order valence-corrected chi connectivity index (χ1v) is 3.39. The second-order valence-electron chi connectivity index (χ2n) is 2.39. The van der Waals surface area contributed by atoms with E-state index in [1.165, 1.54) is 0 Å². The quantitative estimate of drug-likeness (QED) is 0.617. The molecule has 3 nitrogen and oxygen atoms in total. The summed E-state index contributed by atoms with van der Waals surface area (Å²) in [5.41, 5.74) is 0. The van der Waals surface area contributed by atoms with Gasteiger partial charge in [0, 0.05) is 12.4 Å². The summed E-state index contributed by atoms with van der Waals surface area (Å²) in [6.45, 7) is 3.99. The van der Waals surface area contributed by atoms with Gasteiger partial charge in [-0.15, -0.1) is 0 Å². The lowest BCUT2D eigenvalue weighted by atomic mass is 10.4. The summed E-state index contributed by atoms with van der Waals surface area (Å²) in [6, 6.07) is 0. The fraction of sp³-hybridized carbons (Fsp3) is 0.571.